The van der Waals surface area contributed by atoms with Crippen LogP contribution in [0.1, 0.15) is 33.6 Å². The molecule has 2 rings (SSSR count). The van der Waals surface area contributed by atoms with Gasteiger partial charge in [-0.1, -0.05) is 20.8 Å². The second-order valence-electron chi connectivity index (χ2n) is 7.96. The minimum Gasteiger partial charge on any atom is -0.497 e. The number of benzene rings is 1. The zero-order valence-electron chi connectivity index (χ0n) is 17.5. The van der Waals surface area contributed by atoms with Crippen LogP contribution in [0.3, 0.4) is 0 Å². The van der Waals surface area contributed by atoms with Crippen LogP contribution in [0.15, 0.2) is 23.2 Å². The van der Waals surface area contributed by atoms with Crippen LogP contribution in [0.4, 0.5) is 5.69 Å². The third-order valence-corrected chi connectivity index (χ3v) is 4.62. The van der Waals surface area contributed by atoms with Crippen LogP contribution < -0.4 is 25.0 Å². The first-order chi connectivity index (χ1) is 12.3. The van der Waals surface area contributed by atoms with Crippen LogP contribution in [-0.2, 0) is 0 Å². The molecule has 27 heavy (non-hydrogen) atoms. The molecule has 2 N–H and O–H groups in total. The first kappa shape index (κ1) is 23.7. The summed E-state index contributed by atoms with van der Waals surface area (Å²) in [6.07, 6.45) is 2.17. The van der Waals surface area contributed by atoms with E-state index in [2.05, 4.69) is 53.4 Å². The van der Waals surface area contributed by atoms with Gasteiger partial charge in [0.1, 0.15) is 11.5 Å². The van der Waals surface area contributed by atoms with Gasteiger partial charge < -0.3 is 25.0 Å². The van der Waals surface area contributed by atoms with E-state index < -0.39 is 0 Å². The lowest BCUT2D eigenvalue weighted by Gasteiger charge is -2.22. The SMILES string of the molecule is CN=C(NCCC(C)(C)C)NC1CCN(c2cc(OC)cc(OC)c2)C1.I. The van der Waals surface area contributed by atoms with Crippen LogP contribution >= 0.6 is 24.0 Å². The number of nitrogens with zero attached hydrogens (tertiary/aromatic N) is 2. The molecule has 6 nitrogen and oxygen atoms in total. The highest BCUT2D eigenvalue weighted by atomic mass is 127. The Morgan fingerprint density at radius 1 is 1.19 bits per heavy atom. The number of guanidine groups is 1. The third-order valence-electron chi connectivity index (χ3n) is 4.62. The summed E-state index contributed by atoms with van der Waals surface area (Å²) in [5.41, 5.74) is 1.45. The number of methoxy groups -OCH3 is 2. The Morgan fingerprint density at radius 3 is 2.33 bits per heavy atom. The summed E-state index contributed by atoms with van der Waals surface area (Å²) in [5.74, 6) is 2.51. The summed E-state index contributed by atoms with van der Waals surface area (Å²) < 4.78 is 10.8. The Bertz CT molecular complexity index is 594. The van der Waals surface area contributed by atoms with Crippen molar-refractivity contribution in [3.8, 4) is 11.5 Å². The number of rotatable bonds is 6. The zero-order valence-corrected chi connectivity index (χ0v) is 19.8. The molecule has 1 fully saturated rings. The fraction of sp³-hybridized carbons (Fsp3) is 0.650. The van der Waals surface area contributed by atoms with E-state index in [4.69, 9.17) is 9.47 Å². The molecule has 0 radical (unpaired) electrons. The fourth-order valence-corrected chi connectivity index (χ4v) is 3.03. The highest BCUT2D eigenvalue weighted by Gasteiger charge is 2.24. The molecule has 7 heteroatoms. The molecule has 0 aliphatic carbocycles. The predicted molar refractivity (Wildman–Crippen MR) is 124 cm³/mol. The first-order valence-corrected chi connectivity index (χ1v) is 9.30. The minimum atomic E-state index is 0. The molecule has 1 unspecified atom stereocenters. The topological polar surface area (TPSA) is 58.1 Å². The second-order valence-corrected chi connectivity index (χ2v) is 7.96. The molecular weight excluding hydrogens is 455 g/mol. The molecule has 0 amide bonds. The van der Waals surface area contributed by atoms with Gasteiger partial charge in [0.15, 0.2) is 5.96 Å². The van der Waals surface area contributed by atoms with E-state index >= 15 is 0 Å². The van der Waals surface area contributed by atoms with Crippen molar-refractivity contribution in [1.29, 1.82) is 0 Å². The summed E-state index contributed by atoms with van der Waals surface area (Å²) in [7, 11) is 5.19. The smallest absolute Gasteiger partial charge is 0.191 e. The zero-order chi connectivity index (χ0) is 19.2. The van der Waals surface area contributed by atoms with Crippen LogP contribution in [0.2, 0.25) is 0 Å². The second kappa shape index (κ2) is 10.8. The van der Waals surface area contributed by atoms with Crippen molar-refractivity contribution < 1.29 is 9.47 Å². The van der Waals surface area contributed by atoms with Gasteiger partial charge in [-0.3, -0.25) is 4.99 Å². The van der Waals surface area contributed by atoms with E-state index in [0.29, 0.717) is 11.5 Å². The van der Waals surface area contributed by atoms with Crippen LogP contribution in [-0.4, -0.2) is 52.9 Å². The van der Waals surface area contributed by atoms with Gasteiger partial charge in [-0.25, -0.2) is 0 Å². The Morgan fingerprint density at radius 2 is 1.81 bits per heavy atom. The van der Waals surface area contributed by atoms with Crippen molar-refractivity contribution in [2.45, 2.75) is 39.7 Å². The molecule has 1 heterocycles. The molecule has 0 bridgehead atoms. The Balaban J connectivity index is 0.00000364. The first-order valence-electron chi connectivity index (χ1n) is 9.30. The maximum atomic E-state index is 5.39. The lowest BCUT2D eigenvalue weighted by Crippen LogP contribution is -2.45. The van der Waals surface area contributed by atoms with Gasteiger partial charge in [0, 0.05) is 56.6 Å². The van der Waals surface area contributed by atoms with Crippen LogP contribution in [0, 0.1) is 5.41 Å². The summed E-state index contributed by atoms with van der Waals surface area (Å²) in [5, 5.41) is 6.97. The van der Waals surface area contributed by atoms with E-state index in [1.165, 1.54) is 0 Å². The van der Waals surface area contributed by atoms with Crippen molar-refractivity contribution >= 4 is 35.6 Å². The van der Waals surface area contributed by atoms with Gasteiger partial charge in [-0.15, -0.1) is 24.0 Å². The molecule has 1 saturated heterocycles. The molecule has 0 aromatic heterocycles. The average molecular weight is 490 g/mol. The standard InChI is InChI=1S/C20H34N4O2.HI/c1-20(2,3)8-9-22-19(21-4)23-15-7-10-24(14-15)16-11-17(25-5)13-18(12-16)26-6;/h11-13,15H,7-10,14H2,1-6H3,(H2,21,22,23);1H. The number of nitrogens with one attached hydrogen (secondary N) is 2. The molecule has 1 aliphatic heterocycles. The maximum absolute atomic E-state index is 5.39. The van der Waals surface area contributed by atoms with Crippen molar-refractivity contribution in [2.24, 2.45) is 10.4 Å². The van der Waals surface area contributed by atoms with Crippen LogP contribution in [0.25, 0.3) is 0 Å². The normalized spacial score (nSPS) is 17.3. The van der Waals surface area contributed by atoms with Gasteiger partial charge in [0.2, 0.25) is 0 Å². The number of anilines is 1. The van der Waals surface area contributed by atoms with Gasteiger partial charge in [-0.2, -0.15) is 0 Å². The highest BCUT2D eigenvalue weighted by Crippen LogP contribution is 2.30. The molecule has 154 valence electrons. The lowest BCUT2D eigenvalue weighted by molar-refractivity contribution is 0.377. The van der Waals surface area contributed by atoms with E-state index in [1.807, 2.05) is 13.1 Å². The summed E-state index contributed by atoms with van der Waals surface area (Å²) in [6, 6.07) is 6.38. The summed E-state index contributed by atoms with van der Waals surface area (Å²) >= 11 is 0. The predicted octanol–water partition coefficient (Wildman–Crippen LogP) is 3.50. The van der Waals surface area contributed by atoms with Crippen molar-refractivity contribution in [3.63, 3.8) is 0 Å². The van der Waals surface area contributed by atoms with Gasteiger partial charge in [0.25, 0.3) is 0 Å². The molecule has 1 atom stereocenters. The fourth-order valence-electron chi connectivity index (χ4n) is 3.03. The molecule has 1 aliphatic rings. The number of aliphatic imine (C=N–C) groups is 1. The van der Waals surface area contributed by atoms with E-state index in [0.717, 1.165) is 55.6 Å². The van der Waals surface area contributed by atoms with E-state index in [9.17, 15) is 0 Å². The van der Waals surface area contributed by atoms with E-state index in [1.54, 1.807) is 14.2 Å². The molecule has 1 aromatic rings. The summed E-state index contributed by atoms with van der Waals surface area (Å²) in [6.45, 7) is 9.60. The Labute approximate surface area is 181 Å². The Kier molecular flexibility index (Phi) is 9.49. The summed E-state index contributed by atoms with van der Waals surface area (Å²) in [4.78, 5) is 6.71. The lowest BCUT2D eigenvalue weighted by atomic mass is 9.92. The maximum Gasteiger partial charge on any atom is 0.191 e. The van der Waals surface area contributed by atoms with Gasteiger partial charge in [-0.05, 0) is 18.3 Å². The number of hydrogen-bond acceptors (Lipinski definition) is 4. The van der Waals surface area contributed by atoms with Crippen LogP contribution in [0.5, 0.6) is 11.5 Å². The number of halogens is 1. The third kappa shape index (κ3) is 7.63. The largest absolute Gasteiger partial charge is 0.497 e. The minimum absolute atomic E-state index is 0. The van der Waals surface area contributed by atoms with E-state index in [-0.39, 0.29) is 24.0 Å². The van der Waals surface area contributed by atoms with Gasteiger partial charge >= 0.3 is 0 Å². The monoisotopic (exact) mass is 490 g/mol. The molecule has 1 aromatic carbocycles. The van der Waals surface area contributed by atoms with Gasteiger partial charge in [0.05, 0.1) is 14.2 Å². The number of hydrogen-bond donors (Lipinski definition) is 2. The number of ether oxygens (including phenoxy) is 2. The molecular formula is C20H35IN4O2. The highest BCUT2D eigenvalue weighted by molar-refractivity contribution is 14.0. The van der Waals surface area contributed by atoms with Crippen molar-refractivity contribution in [3.05, 3.63) is 18.2 Å². The molecule has 0 saturated carbocycles. The molecule has 0 spiro atoms. The Hall–Kier alpha value is -1.38. The quantitative estimate of drug-likeness (QED) is 0.363. The average Bonchev–Trinajstić information content (AvgIpc) is 3.07. The van der Waals surface area contributed by atoms with Crippen molar-refractivity contribution in [2.75, 3.05) is 45.8 Å². The van der Waals surface area contributed by atoms with Crippen molar-refractivity contribution in [1.82, 2.24) is 10.6 Å².